The highest BCUT2D eigenvalue weighted by Crippen LogP contribution is 2.23. The third-order valence-corrected chi connectivity index (χ3v) is 3.56. The minimum absolute atomic E-state index is 0.0718. The first-order valence-corrected chi connectivity index (χ1v) is 6.71. The van der Waals surface area contributed by atoms with Gasteiger partial charge in [0.2, 0.25) is 0 Å². The first-order valence-electron chi connectivity index (χ1n) is 6.71. The van der Waals surface area contributed by atoms with Gasteiger partial charge < -0.3 is 10.0 Å². The zero-order chi connectivity index (χ0) is 14.8. The monoisotopic (exact) mass is 277 g/mol. The number of phenolic OH excluding ortho intramolecular Hbond substituents is 1. The Labute approximate surface area is 123 Å². The van der Waals surface area contributed by atoms with Crippen LogP contribution < -0.4 is 4.90 Å². The average molecular weight is 277 g/mol. The van der Waals surface area contributed by atoms with Crippen molar-refractivity contribution in [2.24, 2.45) is 0 Å². The number of rotatable bonds is 2. The van der Waals surface area contributed by atoms with Crippen molar-refractivity contribution in [3.63, 3.8) is 0 Å². The van der Waals surface area contributed by atoms with Gasteiger partial charge in [0.15, 0.2) is 0 Å². The molecular weight excluding hydrogens is 262 g/mol. The summed E-state index contributed by atoms with van der Waals surface area (Å²) in [6.07, 6.45) is 0. The molecule has 3 heteroatoms. The second-order valence-corrected chi connectivity index (χ2v) is 4.91. The highest BCUT2D eigenvalue weighted by atomic mass is 16.3. The van der Waals surface area contributed by atoms with Crippen LogP contribution in [0.25, 0.3) is 10.8 Å². The summed E-state index contributed by atoms with van der Waals surface area (Å²) in [5, 5.41) is 11.3. The fourth-order valence-electron chi connectivity index (χ4n) is 2.39. The maximum atomic E-state index is 12.7. The Morgan fingerprint density at radius 1 is 0.905 bits per heavy atom. The van der Waals surface area contributed by atoms with E-state index in [0.29, 0.717) is 5.56 Å². The van der Waals surface area contributed by atoms with Crippen LogP contribution in [0, 0.1) is 0 Å². The number of amides is 1. The molecule has 0 bridgehead atoms. The Kier molecular flexibility index (Phi) is 3.32. The number of anilines is 1. The van der Waals surface area contributed by atoms with Gasteiger partial charge in [0.05, 0.1) is 0 Å². The number of carbonyl (C=O) groups is 1. The molecule has 0 atom stereocenters. The molecule has 1 N–H and O–H groups in total. The molecule has 3 nitrogen and oxygen atoms in total. The Bertz CT molecular complexity index is 788. The number of benzene rings is 3. The van der Waals surface area contributed by atoms with E-state index >= 15 is 0 Å². The number of fused-ring (bicyclic) bond motifs is 1. The third kappa shape index (κ3) is 2.46. The van der Waals surface area contributed by atoms with Crippen molar-refractivity contribution in [3.05, 3.63) is 72.3 Å². The van der Waals surface area contributed by atoms with Crippen molar-refractivity contribution in [3.8, 4) is 5.75 Å². The minimum atomic E-state index is -0.0718. The largest absolute Gasteiger partial charge is 0.508 e. The first-order chi connectivity index (χ1) is 10.2. The number of hydrogen-bond acceptors (Lipinski definition) is 2. The molecule has 104 valence electrons. The molecule has 0 aliphatic heterocycles. The van der Waals surface area contributed by atoms with E-state index in [4.69, 9.17) is 0 Å². The number of phenols is 1. The van der Waals surface area contributed by atoms with Crippen molar-refractivity contribution >= 4 is 22.4 Å². The summed E-state index contributed by atoms with van der Waals surface area (Å²) in [7, 11) is 1.73. The number of hydrogen-bond donors (Lipinski definition) is 1. The van der Waals surface area contributed by atoms with Crippen LogP contribution in [0.1, 0.15) is 10.4 Å². The lowest BCUT2D eigenvalue weighted by molar-refractivity contribution is 0.0994. The van der Waals surface area contributed by atoms with Crippen molar-refractivity contribution in [1.29, 1.82) is 0 Å². The molecule has 0 heterocycles. The molecule has 3 rings (SSSR count). The molecule has 0 spiro atoms. The smallest absolute Gasteiger partial charge is 0.258 e. The van der Waals surface area contributed by atoms with Gasteiger partial charge in [-0.2, -0.15) is 0 Å². The standard InChI is InChI=1S/C18H15NO2/c1-19(14-9-11-15(20)12-10-14)18(21)17-8-4-6-13-5-2-3-7-16(13)17/h2-12,20H,1H3. The summed E-state index contributed by atoms with van der Waals surface area (Å²) in [4.78, 5) is 14.3. The number of aromatic hydroxyl groups is 1. The molecule has 0 radical (unpaired) electrons. The van der Waals surface area contributed by atoms with E-state index in [1.54, 1.807) is 36.2 Å². The van der Waals surface area contributed by atoms with Gasteiger partial charge in [-0.3, -0.25) is 4.79 Å². The van der Waals surface area contributed by atoms with Crippen LogP contribution in [0.15, 0.2) is 66.7 Å². The minimum Gasteiger partial charge on any atom is -0.508 e. The van der Waals surface area contributed by atoms with Crippen LogP contribution in [0.3, 0.4) is 0 Å². The lowest BCUT2D eigenvalue weighted by Gasteiger charge is -2.18. The van der Waals surface area contributed by atoms with Gasteiger partial charge in [0.25, 0.3) is 5.91 Å². The van der Waals surface area contributed by atoms with E-state index in [1.165, 1.54) is 0 Å². The van der Waals surface area contributed by atoms with Crippen LogP contribution in [0.5, 0.6) is 5.75 Å². The summed E-state index contributed by atoms with van der Waals surface area (Å²) in [6.45, 7) is 0. The summed E-state index contributed by atoms with van der Waals surface area (Å²) >= 11 is 0. The van der Waals surface area contributed by atoms with Gasteiger partial charge in [0, 0.05) is 18.3 Å². The van der Waals surface area contributed by atoms with Gasteiger partial charge in [-0.15, -0.1) is 0 Å². The van der Waals surface area contributed by atoms with Gasteiger partial charge >= 0.3 is 0 Å². The molecule has 0 saturated heterocycles. The molecule has 0 unspecified atom stereocenters. The summed E-state index contributed by atoms with van der Waals surface area (Å²) in [6, 6.07) is 20.1. The summed E-state index contributed by atoms with van der Waals surface area (Å²) in [5.74, 6) is 0.113. The van der Waals surface area contributed by atoms with Crippen LogP contribution >= 0.6 is 0 Å². The van der Waals surface area contributed by atoms with Crippen LogP contribution in [-0.4, -0.2) is 18.1 Å². The molecule has 0 fully saturated rings. The van der Waals surface area contributed by atoms with E-state index in [9.17, 15) is 9.90 Å². The second-order valence-electron chi connectivity index (χ2n) is 4.91. The molecule has 0 aliphatic rings. The van der Waals surface area contributed by atoms with E-state index in [-0.39, 0.29) is 11.7 Å². The molecule has 21 heavy (non-hydrogen) atoms. The lowest BCUT2D eigenvalue weighted by Crippen LogP contribution is -2.26. The van der Waals surface area contributed by atoms with E-state index in [2.05, 4.69) is 0 Å². The third-order valence-electron chi connectivity index (χ3n) is 3.56. The molecular formula is C18H15NO2. The zero-order valence-electron chi connectivity index (χ0n) is 11.7. The number of nitrogens with zero attached hydrogens (tertiary/aromatic N) is 1. The molecule has 3 aromatic rings. The fourth-order valence-corrected chi connectivity index (χ4v) is 2.39. The summed E-state index contributed by atoms with van der Waals surface area (Å²) in [5.41, 5.74) is 1.41. The topological polar surface area (TPSA) is 40.5 Å². The van der Waals surface area contributed by atoms with Crippen molar-refractivity contribution in [2.45, 2.75) is 0 Å². The van der Waals surface area contributed by atoms with Crippen LogP contribution in [0.2, 0.25) is 0 Å². The van der Waals surface area contributed by atoms with Gasteiger partial charge in [-0.05, 0) is 41.1 Å². The number of carbonyl (C=O) groups excluding carboxylic acids is 1. The lowest BCUT2D eigenvalue weighted by atomic mass is 10.0. The quantitative estimate of drug-likeness (QED) is 0.773. The Morgan fingerprint density at radius 2 is 1.57 bits per heavy atom. The molecule has 0 aliphatic carbocycles. The van der Waals surface area contributed by atoms with E-state index in [0.717, 1.165) is 16.5 Å². The SMILES string of the molecule is CN(C(=O)c1cccc2ccccc12)c1ccc(O)cc1. The molecule has 3 aromatic carbocycles. The second kappa shape index (κ2) is 5.29. The summed E-state index contributed by atoms with van der Waals surface area (Å²) < 4.78 is 0. The average Bonchev–Trinajstić information content (AvgIpc) is 2.53. The molecule has 0 aromatic heterocycles. The van der Waals surface area contributed by atoms with Crippen molar-refractivity contribution < 1.29 is 9.90 Å². The predicted octanol–water partition coefficient (Wildman–Crippen LogP) is 3.82. The fraction of sp³-hybridized carbons (Fsp3) is 0.0556. The highest BCUT2D eigenvalue weighted by Gasteiger charge is 2.15. The normalized spacial score (nSPS) is 10.5. The van der Waals surface area contributed by atoms with Gasteiger partial charge in [-0.1, -0.05) is 36.4 Å². The Balaban J connectivity index is 2.02. The van der Waals surface area contributed by atoms with Crippen LogP contribution in [0.4, 0.5) is 5.69 Å². The Morgan fingerprint density at radius 3 is 2.33 bits per heavy atom. The highest BCUT2D eigenvalue weighted by molar-refractivity contribution is 6.13. The molecule has 0 saturated carbocycles. The zero-order valence-corrected chi connectivity index (χ0v) is 11.7. The van der Waals surface area contributed by atoms with E-state index < -0.39 is 0 Å². The van der Waals surface area contributed by atoms with Gasteiger partial charge in [-0.25, -0.2) is 0 Å². The Hall–Kier alpha value is -2.81. The first kappa shape index (κ1) is 13.2. The molecule has 1 amide bonds. The van der Waals surface area contributed by atoms with Gasteiger partial charge in [0.1, 0.15) is 5.75 Å². The van der Waals surface area contributed by atoms with Crippen LogP contribution in [-0.2, 0) is 0 Å². The van der Waals surface area contributed by atoms with Crippen molar-refractivity contribution in [2.75, 3.05) is 11.9 Å². The maximum absolute atomic E-state index is 12.7. The van der Waals surface area contributed by atoms with E-state index in [1.807, 2.05) is 42.5 Å². The maximum Gasteiger partial charge on any atom is 0.258 e. The predicted molar refractivity (Wildman–Crippen MR) is 84.8 cm³/mol. The van der Waals surface area contributed by atoms with Crippen molar-refractivity contribution in [1.82, 2.24) is 0 Å².